The number of ether oxygens (including phenoxy) is 1. The van der Waals surface area contributed by atoms with Crippen molar-refractivity contribution in [3.8, 4) is 0 Å². The highest BCUT2D eigenvalue weighted by Crippen LogP contribution is 2.19. The molecule has 1 aromatic carbocycles. The van der Waals surface area contributed by atoms with Crippen molar-refractivity contribution >= 4 is 11.6 Å². The molecule has 2 unspecified atom stereocenters. The van der Waals surface area contributed by atoms with E-state index in [4.69, 9.17) is 10.6 Å². The fourth-order valence-corrected chi connectivity index (χ4v) is 2.35. The van der Waals surface area contributed by atoms with Gasteiger partial charge in [0.2, 0.25) is 0 Å². The van der Waals surface area contributed by atoms with E-state index in [1.165, 1.54) is 0 Å². The summed E-state index contributed by atoms with van der Waals surface area (Å²) in [6.45, 7) is 4.70. The molecule has 2 rings (SSSR count). The summed E-state index contributed by atoms with van der Waals surface area (Å²) in [5.74, 6) is 5.31. The molecule has 104 valence electrons. The molecule has 0 spiro atoms. The van der Waals surface area contributed by atoms with E-state index in [1.54, 1.807) is 6.07 Å². The maximum Gasteiger partial charge on any atom is 0.253 e. The number of nitrogen functional groups attached to an aromatic ring is 1. The topological polar surface area (TPSA) is 76.4 Å². The molecule has 0 bridgehead atoms. The molecule has 0 saturated carbocycles. The summed E-state index contributed by atoms with van der Waals surface area (Å²) < 4.78 is 5.58. The highest BCUT2D eigenvalue weighted by molar-refractivity contribution is 5.99. The third-order valence-corrected chi connectivity index (χ3v) is 3.46. The number of nitrogens with two attached hydrogens (primary N) is 1. The van der Waals surface area contributed by atoms with Crippen molar-refractivity contribution in [3.05, 3.63) is 29.3 Å². The molecule has 1 aromatic rings. The minimum Gasteiger partial charge on any atom is -0.376 e. The molecule has 1 aliphatic heterocycles. The normalized spacial score (nSPS) is 20.1. The standard InChI is InChI=1S/C14H21N3O2/c1-9-5-6-12(17-15)11(8-9)14(18)16-10(2)13-4-3-7-19-13/h5-6,8,10,13,17H,3-4,7,15H2,1-2H3,(H,16,18). The first-order chi connectivity index (χ1) is 9.11. The van der Waals surface area contributed by atoms with Gasteiger partial charge in [0.05, 0.1) is 23.4 Å². The Morgan fingerprint density at radius 3 is 2.95 bits per heavy atom. The summed E-state index contributed by atoms with van der Waals surface area (Å²) in [4.78, 5) is 12.3. The van der Waals surface area contributed by atoms with Crippen molar-refractivity contribution in [1.82, 2.24) is 5.32 Å². The van der Waals surface area contributed by atoms with Crippen LogP contribution in [-0.4, -0.2) is 24.7 Å². The van der Waals surface area contributed by atoms with E-state index in [-0.39, 0.29) is 18.1 Å². The predicted molar refractivity (Wildman–Crippen MR) is 74.9 cm³/mol. The highest BCUT2D eigenvalue weighted by Gasteiger charge is 2.24. The molecule has 19 heavy (non-hydrogen) atoms. The van der Waals surface area contributed by atoms with Crippen LogP contribution in [0.3, 0.4) is 0 Å². The van der Waals surface area contributed by atoms with Gasteiger partial charge in [-0.05, 0) is 38.8 Å². The number of carbonyl (C=O) groups excluding carboxylic acids is 1. The van der Waals surface area contributed by atoms with E-state index < -0.39 is 0 Å². The third kappa shape index (κ3) is 3.24. The highest BCUT2D eigenvalue weighted by atomic mass is 16.5. The summed E-state index contributed by atoms with van der Waals surface area (Å²) in [6.07, 6.45) is 2.17. The molecule has 2 atom stereocenters. The minimum atomic E-state index is -0.125. The Labute approximate surface area is 113 Å². The maximum atomic E-state index is 12.3. The van der Waals surface area contributed by atoms with Gasteiger partial charge < -0.3 is 15.5 Å². The Morgan fingerprint density at radius 2 is 2.32 bits per heavy atom. The molecule has 1 aliphatic rings. The zero-order valence-corrected chi connectivity index (χ0v) is 11.4. The largest absolute Gasteiger partial charge is 0.376 e. The van der Waals surface area contributed by atoms with Gasteiger partial charge in [-0.3, -0.25) is 10.6 Å². The second-order valence-corrected chi connectivity index (χ2v) is 5.01. The molecular weight excluding hydrogens is 242 g/mol. The lowest BCUT2D eigenvalue weighted by Crippen LogP contribution is -2.41. The molecule has 0 radical (unpaired) electrons. The maximum absolute atomic E-state index is 12.3. The van der Waals surface area contributed by atoms with Crippen LogP contribution in [0.4, 0.5) is 5.69 Å². The van der Waals surface area contributed by atoms with Gasteiger partial charge in [-0.1, -0.05) is 11.6 Å². The lowest BCUT2D eigenvalue weighted by atomic mass is 10.1. The van der Waals surface area contributed by atoms with E-state index in [9.17, 15) is 4.79 Å². The molecule has 1 heterocycles. The number of hydrazine groups is 1. The minimum absolute atomic E-state index is 0.00105. The average molecular weight is 263 g/mol. The van der Waals surface area contributed by atoms with E-state index in [2.05, 4.69) is 10.7 Å². The van der Waals surface area contributed by atoms with Crippen LogP contribution in [0.25, 0.3) is 0 Å². The lowest BCUT2D eigenvalue weighted by molar-refractivity contribution is 0.0713. The zero-order valence-electron chi connectivity index (χ0n) is 11.4. The van der Waals surface area contributed by atoms with Crippen molar-refractivity contribution in [2.24, 2.45) is 5.84 Å². The quantitative estimate of drug-likeness (QED) is 0.569. The Kier molecular flexibility index (Phi) is 4.39. The van der Waals surface area contributed by atoms with Crippen LogP contribution in [0.15, 0.2) is 18.2 Å². The van der Waals surface area contributed by atoms with Crippen LogP contribution in [0.2, 0.25) is 0 Å². The molecule has 4 N–H and O–H groups in total. The molecule has 5 heteroatoms. The first-order valence-electron chi connectivity index (χ1n) is 6.61. The van der Waals surface area contributed by atoms with Crippen molar-refractivity contribution < 1.29 is 9.53 Å². The van der Waals surface area contributed by atoms with E-state index in [0.717, 1.165) is 25.0 Å². The first kappa shape index (κ1) is 13.8. The number of rotatable bonds is 4. The van der Waals surface area contributed by atoms with Crippen LogP contribution in [0.1, 0.15) is 35.7 Å². The van der Waals surface area contributed by atoms with Gasteiger partial charge in [0.15, 0.2) is 0 Å². The lowest BCUT2D eigenvalue weighted by Gasteiger charge is -2.20. The molecule has 1 amide bonds. The second-order valence-electron chi connectivity index (χ2n) is 5.01. The van der Waals surface area contributed by atoms with Crippen molar-refractivity contribution in [1.29, 1.82) is 0 Å². The smallest absolute Gasteiger partial charge is 0.253 e. The predicted octanol–water partition coefficient (Wildman–Crippen LogP) is 1.58. The molecular formula is C14H21N3O2. The van der Waals surface area contributed by atoms with Gasteiger partial charge >= 0.3 is 0 Å². The number of carbonyl (C=O) groups is 1. The average Bonchev–Trinajstić information content (AvgIpc) is 2.92. The van der Waals surface area contributed by atoms with Crippen LogP contribution >= 0.6 is 0 Å². The molecule has 1 fully saturated rings. The number of nitrogens with one attached hydrogen (secondary N) is 2. The second kappa shape index (κ2) is 6.04. The number of amides is 1. The van der Waals surface area contributed by atoms with Gasteiger partial charge in [-0.2, -0.15) is 0 Å². The Balaban J connectivity index is 2.08. The number of benzene rings is 1. The summed E-state index contributed by atoms with van der Waals surface area (Å²) in [7, 11) is 0. The number of hydrogen-bond acceptors (Lipinski definition) is 4. The molecule has 5 nitrogen and oxygen atoms in total. The van der Waals surface area contributed by atoms with Gasteiger partial charge in [0, 0.05) is 6.61 Å². The molecule has 0 aromatic heterocycles. The summed E-state index contributed by atoms with van der Waals surface area (Å²) in [6, 6.07) is 5.55. The van der Waals surface area contributed by atoms with Gasteiger partial charge in [-0.25, -0.2) is 0 Å². The van der Waals surface area contributed by atoms with Gasteiger partial charge in [0.1, 0.15) is 0 Å². The fraction of sp³-hybridized carbons (Fsp3) is 0.500. The Hall–Kier alpha value is -1.59. The van der Waals surface area contributed by atoms with Crippen LogP contribution < -0.4 is 16.6 Å². The zero-order chi connectivity index (χ0) is 13.8. The SMILES string of the molecule is Cc1ccc(NN)c(C(=O)NC(C)C2CCCO2)c1. The first-order valence-corrected chi connectivity index (χ1v) is 6.61. The van der Waals surface area contributed by atoms with Crippen LogP contribution in [0.5, 0.6) is 0 Å². The summed E-state index contributed by atoms with van der Waals surface area (Å²) in [5, 5.41) is 2.98. The van der Waals surface area contributed by atoms with Crippen molar-refractivity contribution in [2.75, 3.05) is 12.0 Å². The van der Waals surface area contributed by atoms with Crippen molar-refractivity contribution in [2.45, 2.75) is 38.8 Å². The summed E-state index contributed by atoms with van der Waals surface area (Å²) >= 11 is 0. The fourth-order valence-electron chi connectivity index (χ4n) is 2.35. The Bertz CT molecular complexity index is 456. The van der Waals surface area contributed by atoms with E-state index in [1.807, 2.05) is 26.0 Å². The van der Waals surface area contributed by atoms with Crippen LogP contribution in [-0.2, 0) is 4.74 Å². The molecule has 0 aliphatic carbocycles. The Morgan fingerprint density at radius 1 is 1.53 bits per heavy atom. The third-order valence-electron chi connectivity index (χ3n) is 3.46. The summed E-state index contributed by atoms with van der Waals surface area (Å²) in [5.41, 5.74) is 4.77. The van der Waals surface area contributed by atoms with E-state index >= 15 is 0 Å². The van der Waals surface area contributed by atoms with Gasteiger partial charge in [-0.15, -0.1) is 0 Å². The van der Waals surface area contributed by atoms with Crippen LogP contribution in [0, 0.1) is 6.92 Å². The number of aryl methyl sites for hydroxylation is 1. The van der Waals surface area contributed by atoms with E-state index in [0.29, 0.717) is 11.3 Å². The monoisotopic (exact) mass is 263 g/mol. The number of hydrogen-bond donors (Lipinski definition) is 3. The van der Waals surface area contributed by atoms with Crippen molar-refractivity contribution in [3.63, 3.8) is 0 Å². The number of anilines is 1. The van der Waals surface area contributed by atoms with Gasteiger partial charge in [0.25, 0.3) is 5.91 Å². The molecule has 1 saturated heterocycles.